The molecule has 2 heteroatoms. The minimum absolute atomic E-state index is 0.383. The van der Waals surface area contributed by atoms with Gasteiger partial charge in [-0.1, -0.05) is 20.8 Å². The van der Waals surface area contributed by atoms with Gasteiger partial charge < -0.3 is 10.1 Å². The molecule has 0 radical (unpaired) electrons. The third kappa shape index (κ3) is 1.99. The lowest BCUT2D eigenvalue weighted by atomic mass is 9.77. The molecule has 12 heavy (non-hydrogen) atoms. The van der Waals surface area contributed by atoms with Gasteiger partial charge >= 0.3 is 0 Å². The van der Waals surface area contributed by atoms with Gasteiger partial charge in [0.1, 0.15) is 0 Å². The maximum absolute atomic E-state index is 5.70. The van der Waals surface area contributed by atoms with Crippen LogP contribution in [-0.2, 0) is 4.74 Å². The summed E-state index contributed by atoms with van der Waals surface area (Å²) >= 11 is 0. The standard InChI is InChI=1S/C10H21NO/c1-5-8-6-10(2,3)9(11-4)7-12-8/h8-9,11H,5-7H2,1-4H3. The summed E-state index contributed by atoms with van der Waals surface area (Å²) < 4.78 is 5.70. The van der Waals surface area contributed by atoms with Crippen molar-refractivity contribution in [1.82, 2.24) is 5.32 Å². The first-order valence-electron chi connectivity index (χ1n) is 4.89. The second-order valence-electron chi connectivity index (χ2n) is 4.40. The van der Waals surface area contributed by atoms with Gasteiger partial charge in [0.05, 0.1) is 12.7 Å². The fourth-order valence-electron chi connectivity index (χ4n) is 1.98. The fourth-order valence-corrected chi connectivity index (χ4v) is 1.98. The van der Waals surface area contributed by atoms with Crippen molar-refractivity contribution in [2.45, 2.75) is 45.8 Å². The zero-order valence-corrected chi connectivity index (χ0v) is 8.68. The highest BCUT2D eigenvalue weighted by atomic mass is 16.5. The van der Waals surface area contributed by atoms with Crippen LogP contribution in [0, 0.1) is 5.41 Å². The Bertz CT molecular complexity index is 145. The van der Waals surface area contributed by atoms with Crippen molar-refractivity contribution in [1.29, 1.82) is 0 Å². The molecule has 0 spiro atoms. The molecular weight excluding hydrogens is 150 g/mol. The smallest absolute Gasteiger partial charge is 0.0628 e. The number of hydrogen-bond acceptors (Lipinski definition) is 2. The molecule has 0 aromatic heterocycles. The average molecular weight is 171 g/mol. The molecule has 1 heterocycles. The Morgan fingerprint density at radius 2 is 2.17 bits per heavy atom. The van der Waals surface area contributed by atoms with Crippen molar-refractivity contribution in [2.24, 2.45) is 5.41 Å². The maximum atomic E-state index is 5.70. The van der Waals surface area contributed by atoms with Crippen molar-refractivity contribution in [3.05, 3.63) is 0 Å². The lowest BCUT2D eigenvalue weighted by Crippen LogP contribution is -2.50. The molecule has 1 aliphatic rings. The van der Waals surface area contributed by atoms with E-state index >= 15 is 0 Å². The summed E-state index contributed by atoms with van der Waals surface area (Å²) in [6.45, 7) is 7.70. The van der Waals surface area contributed by atoms with E-state index in [1.807, 2.05) is 7.05 Å². The van der Waals surface area contributed by atoms with Gasteiger partial charge in [0.25, 0.3) is 0 Å². The van der Waals surface area contributed by atoms with Crippen LogP contribution in [0.1, 0.15) is 33.6 Å². The first kappa shape index (κ1) is 10.0. The summed E-state index contributed by atoms with van der Waals surface area (Å²) in [5.74, 6) is 0. The molecule has 1 fully saturated rings. The topological polar surface area (TPSA) is 21.3 Å². The molecule has 1 aliphatic heterocycles. The molecule has 2 unspecified atom stereocenters. The highest BCUT2D eigenvalue weighted by Gasteiger charge is 2.35. The Morgan fingerprint density at radius 3 is 2.58 bits per heavy atom. The molecule has 0 amide bonds. The van der Waals surface area contributed by atoms with Crippen LogP contribution in [0.3, 0.4) is 0 Å². The third-order valence-corrected chi connectivity index (χ3v) is 3.00. The first-order chi connectivity index (χ1) is 5.60. The summed E-state index contributed by atoms with van der Waals surface area (Å²) in [6, 6.07) is 0.514. The Kier molecular flexibility index (Phi) is 3.13. The highest BCUT2D eigenvalue weighted by Crippen LogP contribution is 2.33. The molecule has 0 aromatic carbocycles. The Balaban J connectivity index is 2.54. The number of hydrogen-bond donors (Lipinski definition) is 1. The van der Waals surface area contributed by atoms with E-state index < -0.39 is 0 Å². The van der Waals surface area contributed by atoms with E-state index in [1.165, 1.54) is 6.42 Å². The molecule has 1 saturated heterocycles. The molecule has 0 aromatic rings. The van der Waals surface area contributed by atoms with E-state index in [9.17, 15) is 0 Å². The summed E-state index contributed by atoms with van der Waals surface area (Å²) in [4.78, 5) is 0. The van der Waals surface area contributed by atoms with Crippen LogP contribution in [0.2, 0.25) is 0 Å². The van der Waals surface area contributed by atoms with E-state index in [0.29, 0.717) is 17.6 Å². The minimum Gasteiger partial charge on any atom is -0.377 e. The average Bonchev–Trinajstić information content (AvgIpc) is 2.02. The van der Waals surface area contributed by atoms with E-state index in [4.69, 9.17) is 4.74 Å². The Hall–Kier alpha value is -0.0800. The largest absolute Gasteiger partial charge is 0.377 e. The monoisotopic (exact) mass is 171 g/mol. The van der Waals surface area contributed by atoms with Crippen molar-refractivity contribution in [3.8, 4) is 0 Å². The van der Waals surface area contributed by atoms with E-state index in [0.717, 1.165) is 13.0 Å². The van der Waals surface area contributed by atoms with Gasteiger partial charge in [-0.05, 0) is 25.3 Å². The van der Waals surface area contributed by atoms with Crippen molar-refractivity contribution in [2.75, 3.05) is 13.7 Å². The van der Waals surface area contributed by atoms with E-state index in [1.54, 1.807) is 0 Å². The molecule has 2 atom stereocenters. The maximum Gasteiger partial charge on any atom is 0.0628 e. The predicted octanol–water partition coefficient (Wildman–Crippen LogP) is 1.80. The van der Waals surface area contributed by atoms with Gasteiger partial charge in [-0.2, -0.15) is 0 Å². The second kappa shape index (κ2) is 3.75. The van der Waals surface area contributed by atoms with E-state index in [-0.39, 0.29) is 0 Å². The SMILES string of the molecule is CCC1CC(C)(C)C(NC)CO1. The summed E-state index contributed by atoms with van der Waals surface area (Å²) in [5.41, 5.74) is 0.383. The van der Waals surface area contributed by atoms with Crippen LogP contribution in [-0.4, -0.2) is 25.8 Å². The van der Waals surface area contributed by atoms with Crippen LogP contribution in [0.4, 0.5) is 0 Å². The summed E-state index contributed by atoms with van der Waals surface area (Å²) in [5, 5.41) is 3.31. The first-order valence-corrected chi connectivity index (χ1v) is 4.89. The number of likely N-dealkylation sites (N-methyl/N-ethyl adjacent to an activating group) is 1. The zero-order valence-electron chi connectivity index (χ0n) is 8.68. The predicted molar refractivity (Wildman–Crippen MR) is 51.3 cm³/mol. The van der Waals surface area contributed by atoms with Crippen molar-refractivity contribution in [3.63, 3.8) is 0 Å². The minimum atomic E-state index is 0.383. The fraction of sp³-hybridized carbons (Fsp3) is 1.00. The van der Waals surface area contributed by atoms with Gasteiger partial charge in [-0.25, -0.2) is 0 Å². The molecule has 1 N–H and O–H groups in total. The van der Waals surface area contributed by atoms with Gasteiger partial charge in [0.2, 0.25) is 0 Å². The van der Waals surface area contributed by atoms with E-state index in [2.05, 4.69) is 26.1 Å². The van der Waals surface area contributed by atoms with Crippen molar-refractivity contribution >= 4 is 0 Å². The van der Waals surface area contributed by atoms with Gasteiger partial charge in [-0.3, -0.25) is 0 Å². The molecule has 0 aliphatic carbocycles. The summed E-state index contributed by atoms with van der Waals surface area (Å²) in [7, 11) is 2.02. The Labute approximate surface area is 75.7 Å². The molecule has 2 nitrogen and oxygen atoms in total. The lowest BCUT2D eigenvalue weighted by molar-refractivity contribution is -0.0593. The van der Waals surface area contributed by atoms with Crippen LogP contribution in [0.25, 0.3) is 0 Å². The molecular formula is C10H21NO. The second-order valence-corrected chi connectivity index (χ2v) is 4.40. The molecule has 0 saturated carbocycles. The highest BCUT2D eigenvalue weighted by molar-refractivity contribution is 4.89. The number of rotatable bonds is 2. The normalized spacial score (nSPS) is 35.0. The van der Waals surface area contributed by atoms with Gasteiger partial charge in [-0.15, -0.1) is 0 Å². The van der Waals surface area contributed by atoms with Crippen LogP contribution < -0.4 is 5.32 Å². The number of nitrogens with one attached hydrogen (secondary N) is 1. The lowest BCUT2D eigenvalue weighted by Gasteiger charge is -2.42. The van der Waals surface area contributed by atoms with Gasteiger partial charge in [0, 0.05) is 6.04 Å². The Morgan fingerprint density at radius 1 is 1.50 bits per heavy atom. The number of ether oxygens (including phenoxy) is 1. The summed E-state index contributed by atoms with van der Waals surface area (Å²) in [6.07, 6.45) is 2.79. The molecule has 0 bridgehead atoms. The quantitative estimate of drug-likeness (QED) is 0.684. The van der Waals surface area contributed by atoms with Crippen LogP contribution >= 0.6 is 0 Å². The van der Waals surface area contributed by atoms with Crippen molar-refractivity contribution < 1.29 is 4.74 Å². The van der Waals surface area contributed by atoms with Crippen LogP contribution in [0.15, 0.2) is 0 Å². The molecule has 72 valence electrons. The van der Waals surface area contributed by atoms with Gasteiger partial charge in [0.15, 0.2) is 0 Å². The zero-order chi connectivity index (χ0) is 9.19. The van der Waals surface area contributed by atoms with Crippen LogP contribution in [0.5, 0.6) is 0 Å². The third-order valence-electron chi connectivity index (χ3n) is 3.00. The molecule has 1 rings (SSSR count).